The Morgan fingerprint density at radius 3 is 2.18 bits per heavy atom. The van der Waals surface area contributed by atoms with Gasteiger partial charge in [0.15, 0.2) is 0 Å². The Balaban J connectivity index is 1.57. The first kappa shape index (κ1) is 26.2. The SMILES string of the molecule is CC1=C(C(=O)Nc2ccccc2)C(c2ccccc2)C(C#N)=C(SCC(=O)Nc2ccc([N+](=O)[O-])cc2)N1. The lowest BCUT2D eigenvalue weighted by Gasteiger charge is -2.29. The van der Waals surface area contributed by atoms with E-state index < -0.39 is 10.8 Å². The molecule has 3 aromatic rings. The molecular weight excluding hydrogens is 502 g/mol. The van der Waals surface area contributed by atoms with Gasteiger partial charge < -0.3 is 16.0 Å². The average Bonchev–Trinajstić information content (AvgIpc) is 2.92. The number of carbonyl (C=O) groups is 2. The van der Waals surface area contributed by atoms with Crippen molar-refractivity contribution in [2.45, 2.75) is 12.8 Å². The number of nitriles is 1. The van der Waals surface area contributed by atoms with E-state index in [1.165, 1.54) is 24.3 Å². The topological polar surface area (TPSA) is 137 Å². The summed E-state index contributed by atoms with van der Waals surface area (Å²) >= 11 is 1.15. The summed E-state index contributed by atoms with van der Waals surface area (Å²) in [5, 5.41) is 30.2. The van der Waals surface area contributed by atoms with E-state index in [4.69, 9.17) is 0 Å². The van der Waals surface area contributed by atoms with Gasteiger partial charge in [-0.25, -0.2) is 0 Å². The van der Waals surface area contributed by atoms with Gasteiger partial charge in [0.1, 0.15) is 0 Å². The second-order valence-electron chi connectivity index (χ2n) is 8.32. The van der Waals surface area contributed by atoms with Gasteiger partial charge in [-0.05, 0) is 36.8 Å². The van der Waals surface area contributed by atoms with Crippen molar-refractivity contribution in [1.82, 2.24) is 5.32 Å². The second-order valence-corrected chi connectivity index (χ2v) is 9.31. The Morgan fingerprint density at radius 2 is 1.58 bits per heavy atom. The summed E-state index contributed by atoms with van der Waals surface area (Å²) in [6, 6.07) is 26.1. The molecule has 1 aliphatic heterocycles. The van der Waals surface area contributed by atoms with Crippen molar-refractivity contribution >= 4 is 40.6 Å². The van der Waals surface area contributed by atoms with Gasteiger partial charge in [-0.1, -0.05) is 60.3 Å². The molecule has 1 unspecified atom stereocenters. The maximum atomic E-state index is 13.4. The predicted octanol–water partition coefficient (Wildman–Crippen LogP) is 5.30. The summed E-state index contributed by atoms with van der Waals surface area (Å²) in [4.78, 5) is 36.3. The van der Waals surface area contributed by atoms with Crippen LogP contribution in [0.2, 0.25) is 0 Å². The fourth-order valence-corrected chi connectivity index (χ4v) is 4.92. The largest absolute Gasteiger partial charge is 0.353 e. The summed E-state index contributed by atoms with van der Waals surface area (Å²) in [6.45, 7) is 1.77. The molecule has 1 heterocycles. The Morgan fingerprint density at radius 1 is 0.974 bits per heavy atom. The number of nitrogens with one attached hydrogen (secondary N) is 3. The van der Waals surface area contributed by atoms with Gasteiger partial charge in [-0.15, -0.1) is 0 Å². The maximum Gasteiger partial charge on any atom is 0.269 e. The van der Waals surface area contributed by atoms with E-state index in [2.05, 4.69) is 22.0 Å². The third-order valence-electron chi connectivity index (χ3n) is 5.77. The molecule has 9 nitrogen and oxygen atoms in total. The highest BCUT2D eigenvalue weighted by Crippen LogP contribution is 2.41. The van der Waals surface area contributed by atoms with Crippen LogP contribution in [-0.2, 0) is 9.59 Å². The number of carbonyl (C=O) groups excluding carboxylic acids is 2. The number of hydrogen-bond donors (Lipinski definition) is 3. The number of allylic oxidation sites excluding steroid dienone is 2. The highest BCUT2D eigenvalue weighted by molar-refractivity contribution is 8.03. The molecule has 190 valence electrons. The van der Waals surface area contributed by atoms with Crippen LogP contribution in [0.5, 0.6) is 0 Å². The number of thioether (sulfide) groups is 1. The van der Waals surface area contributed by atoms with Gasteiger partial charge in [0.05, 0.1) is 33.3 Å². The Kier molecular flexibility index (Phi) is 8.20. The lowest BCUT2D eigenvalue weighted by atomic mass is 9.82. The Labute approximate surface area is 223 Å². The first-order valence-electron chi connectivity index (χ1n) is 11.6. The van der Waals surface area contributed by atoms with Crippen LogP contribution in [0.25, 0.3) is 0 Å². The molecule has 10 heteroatoms. The lowest BCUT2D eigenvalue weighted by Crippen LogP contribution is -2.31. The molecule has 0 spiro atoms. The van der Waals surface area contributed by atoms with Gasteiger partial charge >= 0.3 is 0 Å². The lowest BCUT2D eigenvalue weighted by molar-refractivity contribution is -0.384. The number of non-ortho nitro benzene ring substituents is 1. The van der Waals surface area contributed by atoms with Crippen molar-refractivity contribution in [3.05, 3.63) is 122 Å². The minimum atomic E-state index is -0.633. The number of para-hydroxylation sites is 1. The normalized spacial score (nSPS) is 14.8. The average molecular weight is 526 g/mol. The highest BCUT2D eigenvalue weighted by Gasteiger charge is 2.34. The van der Waals surface area contributed by atoms with Gasteiger partial charge in [0, 0.05) is 34.8 Å². The number of hydrogen-bond acceptors (Lipinski definition) is 7. The van der Waals surface area contributed by atoms with Crippen LogP contribution in [0.1, 0.15) is 18.4 Å². The molecule has 4 rings (SSSR count). The minimum absolute atomic E-state index is 0.0230. The van der Waals surface area contributed by atoms with Crippen molar-refractivity contribution in [3.63, 3.8) is 0 Å². The molecule has 0 saturated heterocycles. The Bertz CT molecular complexity index is 1460. The molecule has 0 saturated carbocycles. The van der Waals surface area contributed by atoms with E-state index in [9.17, 15) is 25.0 Å². The first-order chi connectivity index (χ1) is 18.4. The summed E-state index contributed by atoms with van der Waals surface area (Å²) < 4.78 is 0. The minimum Gasteiger partial charge on any atom is -0.353 e. The summed E-state index contributed by atoms with van der Waals surface area (Å²) in [5.41, 5.74) is 3.07. The monoisotopic (exact) mass is 525 g/mol. The standard InChI is InChI=1S/C28H23N5O4S/c1-18-25(27(35)32-20-10-6-3-7-11-20)26(19-8-4-2-5-9-19)23(16-29)28(30-18)38-17-24(34)31-21-12-14-22(15-13-21)33(36)37/h2-15,26,30H,17H2,1H3,(H,31,34)(H,32,35). The second kappa shape index (κ2) is 11.9. The van der Waals surface area contributed by atoms with Crippen LogP contribution in [0.15, 0.2) is 107 Å². The summed E-state index contributed by atoms with van der Waals surface area (Å²) in [6.07, 6.45) is 0. The van der Waals surface area contributed by atoms with Crippen molar-refractivity contribution in [2.75, 3.05) is 16.4 Å². The van der Waals surface area contributed by atoms with Gasteiger partial charge in [0.25, 0.3) is 11.6 Å². The molecule has 0 radical (unpaired) electrons. The van der Waals surface area contributed by atoms with E-state index in [0.717, 1.165) is 17.3 Å². The zero-order valence-corrected chi connectivity index (χ0v) is 21.1. The Hall–Kier alpha value is -4.88. The molecule has 3 aromatic carbocycles. The molecule has 2 amide bonds. The third kappa shape index (κ3) is 6.08. The van der Waals surface area contributed by atoms with E-state index in [-0.39, 0.29) is 23.3 Å². The van der Waals surface area contributed by atoms with Crippen molar-refractivity contribution < 1.29 is 14.5 Å². The molecule has 1 atom stereocenters. The fraction of sp³-hybridized carbons (Fsp3) is 0.107. The molecule has 3 N–H and O–H groups in total. The van der Waals surface area contributed by atoms with Crippen LogP contribution in [0.3, 0.4) is 0 Å². The van der Waals surface area contributed by atoms with Crippen molar-refractivity contribution in [3.8, 4) is 6.07 Å². The number of nitrogens with zero attached hydrogens (tertiary/aromatic N) is 2. The predicted molar refractivity (Wildman–Crippen MR) is 147 cm³/mol. The van der Waals surface area contributed by atoms with Crippen molar-refractivity contribution in [1.29, 1.82) is 5.26 Å². The van der Waals surface area contributed by atoms with Crippen LogP contribution in [0, 0.1) is 21.4 Å². The van der Waals surface area contributed by atoms with Crippen LogP contribution in [0.4, 0.5) is 17.1 Å². The summed E-state index contributed by atoms with van der Waals surface area (Å²) in [7, 11) is 0. The summed E-state index contributed by atoms with van der Waals surface area (Å²) in [5.74, 6) is -1.33. The number of nitro groups is 1. The zero-order chi connectivity index (χ0) is 27.1. The quantitative estimate of drug-likeness (QED) is 0.268. The molecule has 0 bridgehead atoms. The van der Waals surface area contributed by atoms with E-state index in [1.54, 1.807) is 19.1 Å². The number of dihydropyridines is 1. The fourth-order valence-electron chi connectivity index (χ4n) is 4.03. The van der Waals surface area contributed by atoms with Gasteiger partial charge in [-0.3, -0.25) is 19.7 Å². The van der Waals surface area contributed by atoms with E-state index >= 15 is 0 Å². The maximum absolute atomic E-state index is 13.4. The van der Waals surface area contributed by atoms with Gasteiger partial charge in [-0.2, -0.15) is 5.26 Å². The molecule has 0 aliphatic carbocycles. The molecular formula is C28H23N5O4S. The number of rotatable bonds is 8. The number of benzene rings is 3. The molecule has 38 heavy (non-hydrogen) atoms. The number of anilines is 2. The zero-order valence-electron chi connectivity index (χ0n) is 20.3. The molecule has 1 aliphatic rings. The third-order valence-corrected chi connectivity index (χ3v) is 6.78. The van der Waals surface area contributed by atoms with Gasteiger partial charge in [0.2, 0.25) is 5.91 Å². The van der Waals surface area contributed by atoms with Crippen LogP contribution in [-0.4, -0.2) is 22.5 Å². The smallest absolute Gasteiger partial charge is 0.269 e. The number of nitro benzene ring substituents is 1. The molecule has 0 aromatic heterocycles. The van der Waals surface area contributed by atoms with Crippen LogP contribution >= 0.6 is 11.8 Å². The molecule has 0 fully saturated rings. The first-order valence-corrected chi connectivity index (χ1v) is 12.6. The van der Waals surface area contributed by atoms with Crippen LogP contribution < -0.4 is 16.0 Å². The van der Waals surface area contributed by atoms with E-state index in [1.807, 2.05) is 48.5 Å². The van der Waals surface area contributed by atoms with Crippen molar-refractivity contribution in [2.24, 2.45) is 0 Å². The van der Waals surface area contributed by atoms with E-state index in [0.29, 0.717) is 33.2 Å². The number of amides is 2. The highest BCUT2D eigenvalue weighted by atomic mass is 32.2.